The Bertz CT molecular complexity index is 1400. The van der Waals surface area contributed by atoms with Crippen molar-refractivity contribution in [2.24, 2.45) is 5.10 Å². The molecule has 3 N–H and O–H groups in total. The molecule has 12 heteroatoms. The Labute approximate surface area is 261 Å². The van der Waals surface area contributed by atoms with E-state index in [2.05, 4.69) is 23.7 Å². The summed E-state index contributed by atoms with van der Waals surface area (Å²) in [7, 11) is -4.16. The second kappa shape index (κ2) is 15.5. The van der Waals surface area contributed by atoms with Gasteiger partial charge in [0.1, 0.15) is 6.04 Å². The first-order chi connectivity index (χ1) is 20.8. The van der Waals surface area contributed by atoms with Crippen LogP contribution in [0.4, 0.5) is 4.79 Å². The Morgan fingerprint density at radius 1 is 0.955 bits per heavy atom. The standard InChI is InChI=1S/C32H47N5O6S/c1-8-43-32(39)37-14-12-36(13-15-37)31(38)29(17-24-10-9-11-25(16-24)20-33-35-40)34-44(41,42)30-27(22(4)5)18-26(21(2)3)19-28(30)23(6)7/h9-11,16,18-23,29,34-35,40H,8,12-15,17H2,1-7H3/b33-20+/t29-/m0/s1. The minimum atomic E-state index is -4.16. The molecule has 2 aromatic rings. The lowest BCUT2D eigenvalue weighted by atomic mass is 9.89. The van der Waals surface area contributed by atoms with E-state index in [1.807, 2.05) is 45.9 Å². The smallest absolute Gasteiger partial charge is 0.409 e. The minimum Gasteiger partial charge on any atom is -0.450 e. The van der Waals surface area contributed by atoms with Crippen molar-refractivity contribution in [2.75, 3.05) is 32.8 Å². The number of nitrogens with zero attached hydrogens (tertiary/aromatic N) is 3. The quantitative estimate of drug-likeness (QED) is 0.231. The van der Waals surface area contributed by atoms with Crippen molar-refractivity contribution in [3.63, 3.8) is 0 Å². The summed E-state index contributed by atoms with van der Waals surface area (Å²) < 4.78 is 36.6. The fraction of sp³-hybridized carbons (Fsp3) is 0.531. The van der Waals surface area contributed by atoms with Crippen LogP contribution in [-0.2, 0) is 26.0 Å². The van der Waals surface area contributed by atoms with E-state index in [0.29, 0.717) is 11.1 Å². The van der Waals surface area contributed by atoms with Crippen molar-refractivity contribution in [2.45, 2.75) is 83.6 Å². The van der Waals surface area contributed by atoms with Crippen molar-refractivity contribution in [1.82, 2.24) is 20.1 Å². The van der Waals surface area contributed by atoms with Crippen molar-refractivity contribution < 1.29 is 28.0 Å². The number of hydrazone groups is 1. The summed E-state index contributed by atoms with van der Waals surface area (Å²) in [6, 6.07) is 9.99. The van der Waals surface area contributed by atoms with Crippen LogP contribution < -0.4 is 10.3 Å². The zero-order valence-electron chi connectivity index (χ0n) is 26.8. The van der Waals surface area contributed by atoms with Gasteiger partial charge in [-0.2, -0.15) is 15.4 Å². The van der Waals surface area contributed by atoms with Crippen LogP contribution in [0.25, 0.3) is 0 Å². The highest BCUT2D eigenvalue weighted by atomic mass is 32.2. The number of hydrogen-bond donors (Lipinski definition) is 3. The Kier molecular flexibility index (Phi) is 12.3. The number of hydrogen-bond acceptors (Lipinski definition) is 8. The molecule has 1 aliphatic heterocycles. The lowest BCUT2D eigenvalue weighted by Crippen LogP contribution is -2.56. The topological polar surface area (TPSA) is 141 Å². The number of rotatable bonds is 12. The van der Waals surface area contributed by atoms with Gasteiger partial charge in [0.05, 0.1) is 17.7 Å². The van der Waals surface area contributed by atoms with E-state index in [1.165, 1.54) is 6.21 Å². The molecule has 2 amide bonds. The van der Waals surface area contributed by atoms with Gasteiger partial charge in [0, 0.05) is 26.2 Å². The predicted octanol–water partition coefficient (Wildman–Crippen LogP) is 4.56. The Morgan fingerprint density at radius 2 is 1.55 bits per heavy atom. The molecule has 0 aliphatic carbocycles. The highest BCUT2D eigenvalue weighted by Gasteiger charge is 2.35. The molecule has 44 heavy (non-hydrogen) atoms. The highest BCUT2D eigenvalue weighted by Crippen LogP contribution is 2.35. The molecule has 0 unspecified atom stereocenters. The number of sulfonamides is 1. The zero-order valence-corrected chi connectivity index (χ0v) is 27.6. The van der Waals surface area contributed by atoms with Crippen LogP contribution in [0, 0.1) is 0 Å². The number of piperazine rings is 1. The summed E-state index contributed by atoms with van der Waals surface area (Å²) in [5.74, 6) is -0.295. The maximum Gasteiger partial charge on any atom is 0.409 e. The van der Waals surface area contributed by atoms with E-state index in [4.69, 9.17) is 9.94 Å². The van der Waals surface area contributed by atoms with Crippen molar-refractivity contribution in [1.29, 1.82) is 0 Å². The molecule has 242 valence electrons. The number of amides is 2. The van der Waals surface area contributed by atoms with Gasteiger partial charge in [-0.25, -0.2) is 13.2 Å². The number of benzene rings is 2. The monoisotopic (exact) mass is 629 g/mol. The van der Waals surface area contributed by atoms with Gasteiger partial charge in [0.2, 0.25) is 15.9 Å². The molecule has 0 spiro atoms. The highest BCUT2D eigenvalue weighted by molar-refractivity contribution is 7.89. The Hall–Kier alpha value is -3.48. The zero-order chi connectivity index (χ0) is 32.6. The normalized spacial score (nSPS) is 15.0. The molecule has 0 bridgehead atoms. The van der Waals surface area contributed by atoms with E-state index < -0.39 is 22.2 Å². The number of nitrogens with one attached hydrogen (secondary N) is 2. The molecule has 3 rings (SSSR count). The van der Waals surface area contributed by atoms with Gasteiger partial charge >= 0.3 is 6.09 Å². The van der Waals surface area contributed by atoms with E-state index in [0.717, 1.165) is 16.7 Å². The van der Waals surface area contributed by atoms with E-state index in [9.17, 15) is 18.0 Å². The number of ether oxygens (including phenoxy) is 1. The second-order valence-corrected chi connectivity index (χ2v) is 13.6. The summed E-state index contributed by atoms with van der Waals surface area (Å²) in [4.78, 5) is 29.6. The summed E-state index contributed by atoms with van der Waals surface area (Å²) in [5, 5.41) is 12.5. The van der Waals surface area contributed by atoms with Gasteiger partial charge in [-0.3, -0.25) is 10.0 Å². The Morgan fingerprint density at radius 3 is 2.07 bits per heavy atom. The fourth-order valence-electron chi connectivity index (χ4n) is 5.31. The molecule has 1 fully saturated rings. The van der Waals surface area contributed by atoms with Gasteiger partial charge in [0.15, 0.2) is 0 Å². The summed E-state index contributed by atoms with van der Waals surface area (Å²) >= 11 is 0. The third kappa shape index (κ3) is 8.80. The molecule has 1 heterocycles. The first-order valence-electron chi connectivity index (χ1n) is 15.2. The molecule has 11 nitrogen and oxygen atoms in total. The SMILES string of the molecule is CCOC(=O)N1CCN(C(=O)[C@H](Cc2cccc(/C=N/NO)c2)NS(=O)(=O)c2c(C(C)C)cc(C(C)C)cc2C(C)C)CC1. The first kappa shape index (κ1) is 35.0. The average molecular weight is 630 g/mol. The van der Waals surface area contributed by atoms with Gasteiger partial charge < -0.3 is 14.5 Å². The van der Waals surface area contributed by atoms with Gasteiger partial charge in [-0.1, -0.05) is 77.9 Å². The number of carbonyl (C=O) groups is 2. The van der Waals surface area contributed by atoms with Crippen LogP contribution in [0.2, 0.25) is 0 Å². The van der Waals surface area contributed by atoms with Crippen molar-refractivity contribution >= 4 is 28.2 Å². The van der Waals surface area contributed by atoms with Crippen molar-refractivity contribution in [3.8, 4) is 0 Å². The molecule has 0 radical (unpaired) electrons. The molecule has 1 aliphatic rings. The molecule has 1 saturated heterocycles. The van der Waals surface area contributed by atoms with Crippen LogP contribution in [-0.4, -0.2) is 80.5 Å². The molecular weight excluding hydrogens is 582 g/mol. The van der Waals surface area contributed by atoms with Crippen LogP contribution >= 0.6 is 0 Å². The minimum absolute atomic E-state index is 0.0704. The van der Waals surface area contributed by atoms with Gasteiger partial charge in [-0.15, -0.1) is 0 Å². The van der Waals surface area contributed by atoms with Crippen LogP contribution in [0.1, 0.15) is 94.0 Å². The predicted molar refractivity (Wildman–Crippen MR) is 171 cm³/mol. The summed E-state index contributed by atoms with van der Waals surface area (Å²) in [6.07, 6.45) is 1.07. The molecular formula is C32H47N5O6S. The van der Waals surface area contributed by atoms with Crippen molar-refractivity contribution in [3.05, 3.63) is 64.2 Å². The number of carbonyl (C=O) groups excluding carboxylic acids is 2. The van der Waals surface area contributed by atoms with Gasteiger partial charge in [0.25, 0.3) is 0 Å². The fourth-order valence-corrected chi connectivity index (χ4v) is 7.20. The molecule has 0 saturated carbocycles. The summed E-state index contributed by atoms with van der Waals surface area (Å²) in [5.41, 5.74) is 5.60. The van der Waals surface area contributed by atoms with E-state index in [1.54, 1.807) is 40.5 Å². The van der Waals surface area contributed by atoms with E-state index in [-0.39, 0.29) is 67.8 Å². The first-order valence-corrected chi connectivity index (χ1v) is 16.7. The molecule has 0 aromatic heterocycles. The lowest BCUT2D eigenvalue weighted by Gasteiger charge is -2.36. The lowest BCUT2D eigenvalue weighted by molar-refractivity contribution is -0.134. The van der Waals surface area contributed by atoms with Crippen LogP contribution in [0.5, 0.6) is 0 Å². The maximum absolute atomic E-state index is 14.4. The van der Waals surface area contributed by atoms with Gasteiger partial charge in [-0.05, 0) is 58.9 Å². The van der Waals surface area contributed by atoms with Crippen LogP contribution in [0.3, 0.4) is 0 Å². The second-order valence-electron chi connectivity index (χ2n) is 12.0. The largest absolute Gasteiger partial charge is 0.450 e. The molecule has 2 aromatic carbocycles. The third-order valence-corrected chi connectivity index (χ3v) is 9.33. The van der Waals surface area contributed by atoms with E-state index >= 15 is 0 Å². The summed E-state index contributed by atoms with van der Waals surface area (Å²) in [6.45, 7) is 15.1. The third-order valence-electron chi connectivity index (χ3n) is 7.72. The maximum atomic E-state index is 14.4. The average Bonchev–Trinajstić information content (AvgIpc) is 2.98. The molecule has 1 atom stereocenters. The van der Waals surface area contributed by atoms with Crippen LogP contribution in [0.15, 0.2) is 46.4 Å². The Balaban J connectivity index is 2.03.